The van der Waals surface area contributed by atoms with Gasteiger partial charge in [-0.2, -0.15) is 0 Å². The molecule has 4 rings (SSSR count). The van der Waals surface area contributed by atoms with E-state index in [2.05, 4.69) is 12.2 Å². The predicted octanol–water partition coefficient (Wildman–Crippen LogP) is 3.72. The molecule has 0 aromatic heterocycles. The van der Waals surface area contributed by atoms with Crippen LogP contribution in [0.25, 0.3) is 0 Å². The number of hydrogen-bond acceptors (Lipinski definition) is 7. The molecule has 1 aliphatic carbocycles. The van der Waals surface area contributed by atoms with Crippen molar-refractivity contribution in [1.82, 2.24) is 10.2 Å². The molecule has 0 spiro atoms. The quantitative estimate of drug-likeness (QED) is 0.370. The first-order chi connectivity index (χ1) is 17.6. The van der Waals surface area contributed by atoms with Crippen LogP contribution in [0.2, 0.25) is 0 Å². The van der Waals surface area contributed by atoms with E-state index in [1.54, 1.807) is 73.9 Å². The van der Waals surface area contributed by atoms with E-state index in [0.29, 0.717) is 35.4 Å². The maximum atomic E-state index is 12.9. The van der Waals surface area contributed by atoms with Crippen molar-refractivity contribution in [3.63, 3.8) is 0 Å². The molecular weight excluding hydrogens is 495 g/mol. The van der Waals surface area contributed by atoms with Crippen molar-refractivity contribution in [1.29, 1.82) is 0 Å². The molecule has 1 unspecified atom stereocenters. The van der Waals surface area contributed by atoms with Gasteiger partial charge in [0.1, 0.15) is 17.5 Å². The summed E-state index contributed by atoms with van der Waals surface area (Å²) in [7, 11) is -2.85. The van der Waals surface area contributed by atoms with Crippen LogP contribution in [-0.4, -0.2) is 61.2 Å². The number of benzene rings is 2. The Morgan fingerprint density at radius 1 is 1.00 bits per heavy atom. The van der Waals surface area contributed by atoms with Crippen molar-refractivity contribution < 1.29 is 32.9 Å². The van der Waals surface area contributed by atoms with Crippen molar-refractivity contribution >= 4 is 30.5 Å². The molecule has 10 heteroatoms. The van der Waals surface area contributed by atoms with Gasteiger partial charge in [-0.05, 0) is 80.6 Å². The molecule has 1 saturated heterocycles. The number of likely N-dealkylation sites (tertiary alicyclic amines) is 1. The standard InChI is InChI=1S/C27H33N2O7P/c1-5-34-26(32)22-15-27(3)16-23(27)29(22)24(30)17-28-25(31)18-7-9-19(10-8-18)36-20-11-13-21(14-12-20)37(4,33)35-6-2/h7-14,22-23H,5-6,15-17H2,1-4H3,(H,28,31)/t22-,23-,27+,37?/m0/s1. The molecule has 0 bridgehead atoms. The van der Waals surface area contributed by atoms with Crippen LogP contribution in [0, 0.1) is 5.41 Å². The molecule has 1 N–H and O–H groups in total. The first-order valence-electron chi connectivity index (χ1n) is 12.4. The van der Waals surface area contributed by atoms with Crippen molar-refractivity contribution in [2.75, 3.05) is 26.4 Å². The molecule has 198 valence electrons. The highest BCUT2D eigenvalue weighted by molar-refractivity contribution is 7.66. The summed E-state index contributed by atoms with van der Waals surface area (Å²) >= 11 is 0. The van der Waals surface area contributed by atoms with Crippen molar-refractivity contribution in [2.24, 2.45) is 5.41 Å². The molecular formula is C27H33N2O7P. The minimum absolute atomic E-state index is 0.0141. The van der Waals surface area contributed by atoms with E-state index in [1.165, 1.54) is 0 Å². The highest BCUT2D eigenvalue weighted by Gasteiger charge is 2.64. The van der Waals surface area contributed by atoms with Gasteiger partial charge in [-0.3, -0.25) is 14.2 Å². The molecule has 2 aromatic rings. The van der Waals surface area contributed by atoms with E-state index >= 15 is 0 Å². The van der Waals surface area contributed by atoms with Gasteiger partial charge >= 0.3 is 5.97 Å². The summed E-state index contributed by atoms with van der Waals surface area (Å²) in [6.07, 6.45) is 1.45. The molecule has 1 heterocycles. The number of ether oxygens (including phenoxy) is 2. The van der Waals surface area contributed by atoms with Gasteiger partial charge in [0.25, 0.3) is 5.91 Å². The van der Waals surface area contributed by atoms with E-state index in [9.17, 15) is 18.9 Å². The normalized spacial score (nSPS) is 23.5. The highest BCUT2D eigenvalue weighted by atomic mass is 31.2. The number of nitrogens with zero attached hydrogens (tertiary/aromatic N) is 1. The number of piperidine rings is 1. The maximum Gasteiger partial charge on any atom is 0.328 e. The molecule has 0 radical (unpaired) electrons. The Bertz CT molecular complexity index is 1210. The number of fused-ring (bicyclic) bond motifs is 1. The molecule has 2 aromatic carbocycles. The van der Waals surface area contributed by atoms with Gasteiger partial charge in [0.05, 0.1) is 19.8 Å². The Labute approximate surface area is 216 Å². The van der Waals surface area contributed by atoms with Gasteiger partial charge in [-0.1, -0.05) is 6.92 Å². The van der Waals surface area contributed by atoms with Gasteiger partial charge in [0, 0.05) is 23.6 Å². The molecule has 1 saturated carbocycles. The van der Waals surface area contributed by atoms with E-state index in [0.717, 1.165) is 6.42 Å². The van der Waals surface area contributed by atoms with Crippen LogP contribution in [0.4, 0.5) is 0 Å². The van der Waals surface area contributed by atoms with Gasteiger partial charge in [-0.15, -0.1) is 0 Å². The van der Waals surface area contributed by atoms with Crippen LogP contribution < -0.4 is 15.4 Å². The van der Waals surface area contributed by atoms with Gasteiger partial charge < -0.3 is 24.2 Å². The minimum Gasteiger partial charge on any atom is -0.464 e. The number of rotatable bonds is 10. The molecule has 37 heavy (non-hydrogen) atoms. The molecule has 9 nitrogen and oxygen atoms in total. The smallest absolute Gasteiger partial charge is 0.328 e. The van der Waals surface area contributed by atoms with E-state index < -0.39 is 19.3 Å². The topological polar surface area (TPSA) is 111 Å². The summed E-state index contributed by atoms with van der Waals surface area (Å²) in [5.41, 5.74) is 0.325. The fraction of sp³-hybridized carbons (Fsp3) is 0.444. The second-order valence-electron chi connectivity index (χ2n) is 9.71. The van der Waals surface area contributed by atoms with Crippen molar-refractivity contribution in [3.05, 3.63) is 54.1 Å². The zero-order valence-electron chi connectivity index (χ0n) is 21.6. The predicted molar refractivity (Wildman–Crippen MR) is 138 cm³/mol. The number of esters is 1. The van der Waals surface area contributed by atoms with Gasteiger partial charge in [-0.25, -0.2) is 4.79 Å². The van der Waals surface area contributed by atoms with Gasteiger partial charge in [0.2, 0.25) is 13.3 Å². The Balaban J connectivity index is 1.32. The summed E-state index contributed by atoms with van der Waals surface area (Å²) in [5.74, 6) is -0.00532. The summed E-state index contributed by atoms with van der Waals surface area (Å²) in [5, 5.41) is 3.27. The lowest BCUT2D eigenvalue weighted by Gasteiger charge is -2.26. The van der Waals surface area contributed by atoms with Gasteiger partial charge in [0.15, 0.2) is 0 Å². The third-order valence-electron chi connectivity index (χ3n) is 6.92. The Kier molecular flexibility index (Phi) is 7.76. The van der Waals surface area contributed by atoms with Crippen molar-refractivity contribution in [2.45, 2.75) is 45.7 Å². The molecule has 2 aliphatic rings. The number of carbonyl (C=O) groups is 3. The van der Waals surface area contributed by atoms with E-state index in [1.807, 2.05) is 0 Å². The second kappa shape index (κ2) is 10.7. The average Bonchev–Trinajstić information content (AvgIpc) is 3.43. The summed E-state index contributed by atoms with van der Waals surface area (Å²) in [6.45, 7) is 7.61. The zero-order valence-corrected chi connectivity index (χ0v) is 22.5. The monoisotopic (exact) mass is 528 g/mol. The van der Waals surface area contributed by atoms with E-state index in [4.69, 9.17) is 14.0 Å². The van der Waals surface area contributed by atoms with Crippen LogP contribution >= 0.6 is 7.37 Å². The second-order valence-corrected chi connectivity index (χ2v) is 12.2. The number of carbonyl (C=O) groups excluding carboxylic acids is 3. The summed E-state index contributed by atoms with van der Waals surface area (Å²) in [4.78, 5) is 39.5. The highest BCUT2D eigenvalue weighted by Crippen LogP contribution is 2.59. The van der Waals surface area contributed by atoms with Crippen LogP contribution in [0.15, 0.2) is 48.5 Å². The molecule has 2 fully saturated rings. The fourth-order valence-corrected chi connectivity index (χ4v) is 6.17. The van der Waals surface area contributed by atoms with Crippen LogP contribution in [0.5, 0.6) is 11.5 Å². The lowest BCUT2D eigenvalue weighted by molar-refractivity contribution is -0.153. The minimum atomic E-state index is -2.85. The summed E-state index contributed by atoms with van der Waals surface area (Å²) in [6, 6.07) is 12.8. The number of amides is 2. The maximum absolute atomic E-state index is 12.9. The molecule has 2 amide bonds. The fourth-order valence-electron chi connectivity index (χ4n) is 4.84. The number of hydrogen-bond donors (Lipinski definition) is 1. The lowest BCUT2D eigenvalue weighted by Crippen LogP contribution is -2.48. The van der Waals surface area contributed by atoms with Crippen LogP contribution in [0.3, 0.4) is 0 Å². The first-order valence-corrected chi connectivity index (χ1v) is 14.5. The Morgan fingerprint density at radius 2 is 1.62 bits per heavy atom. The Morgan fingerprint density at radius 3 is 2.22 bits per heavy atom. The average molecular weight is 529 g/mol. The Hall–Kier alpha value is -3.16. The van der Waals surface area contributed by atoms with E-state index in [-0.39, 0.29) is 36.5 Å². The third-order valence-corrected chi connectivity index (χ3v) is 8.90. The molecule has 4 atom stereocenters. The summed E-state index contributed by atoms with van der Waals surface area (Å²) < 4.78 is 28.8. The SMILES string of the molecule is CCOC(=O)[C@@H]1C[C@]2(C)C[C@@H]2N1C(=O)CNC(=O)c1ccc(Oc2ccc(P(C)(=O)OCC)cc2)cc1. The lowest BCUT2D eigenvalue weighted by atomic mass is 10.0. The largest absolute Gasteiger partial charge is 0.464 e. The first kappa shape index (κ1) is 26.9. The van der Waals surface area contributed by atoms with Crippen LogP contribution in [-0.2, 0) is 23.4 Å². The van der Waals surface area contributed by atoms with Crippen LogP contribution in [0.1, 0.15) is 44.0 Å². The molecule has 1 aliphatic heterocycles. The zero-order chi connectivity index (χ0) is 26.8. The third kappa shape index (κ3) is 5.89. The van der Waals surface area contributed by atoms with Crippen molar-refractivity contribution in [3.8, 4) is 11.5 Å². The number of nitrogens with one attached hydrogen (secondary N) is 1.